The van der Waals surface area contributed by atoms with Crippen LogP contribution in [0.4, 0.5) is 0 Å². The fourth-order valence-corrected chi connectivity index (χ4v) is 6.56. The van der Waals surface area contributed by atoms with E-state index in [-0.39, 0.29) is 61.3 Å². The molecule has 0 aromatic rings. The second-order valence-electron chi connectivity index (χ2n) is 16.0. The third-order valence-electron chi connectivity index (χ3n) is 10.3. The van der Waals surface area contributed by atoms with Crippen LogP contribution in [-0.2, 0) is 52.5 Å². The Bertz CT molecular complexity index is 1210. The van der Waals surface area contributed by atoms with Crippen molar-refractivity contribution in [2.24, 2.45) is 0 Å². The Balaban J connectivity index is 0. The summed E-state index contributed by atoms with van der Waals surface area (Å²) in [6.45, 7) is 6.28. The number of aliphatic carboxylic acids is 2. The van der Waals surface area contributed by atoms with Crippen LogP contribution in [0.15, 0.2) is 0 Å². The van der Waals surface area contributed by atoms with Crippen molar-refractivity contribution < 1.29 is 67.8 Å². The average Bonchev–Trinajstić information content (AvgIpc) is 3.26. The molecule has 0 saturated carbocycles. The summed E-state index contributed by atoms with van der Waals surface area (Å²) in [5.74, 6) is -2.35. The maximum absolute atomic E-state index is 12.0. The van der Waals surface area contributed by atoms with Gasteiger partial charge in [-0.3, -0.25) is 28.8 Å². The number of likely N-dealkylation sites (N-methyl/N-ethyl adjacent to an activating group) is 1. The van der Waals surface area contributed by atoms with Crippen LogP contribution in [0.2, 0.25) is 0 Å². The molecule has 2 atom stereocenters. The number of hydrogen-bond donors (Lipinski definition) is 6. The minimum atomic E-state index is -1.08. The summed E-state index contributed by atoms with van der Waals surface area (Å²) in [6.07, 6.45) is 21.4. The predicted octanol–water partition coefficient (Wildman–Crippen LogP) is 5.89. The van der Waals surface area contributed by atoms with Crippen LogP contribution in [-0.4, -0.2) is 142 Å². The van der Waals surface area contributed by atoms with Gasteiger partial charge in [-0.15, -0.1) is 0 Å². The van der Waals surface area contributed by atoms with Gasteiger partial charge in [0.1, 0.15) is 31.6 Å². The van der Waals surface area contributed by atoms with Crippen molar-refractivity contribution in [2.75, 3.05) is 73.1 Å². The SMILES string of the molecule is CCCC(=O)CC[C@H](NC(=O)CCCCCCCCCCCCCCCCC(=O)O)C(=O)O.CCOCCOCC(=O)NCCOCCOCC(=O)CCCCC[C@H](NC)C(=O)CO. The number of ketones is 3. The average molecular weight is 918 g/mol. The molecule has 0 fully saturated rings. The number of rotatable bonds is 47. The molecule has 6 N–H and O–H groups in total. The Morgan fingerprint density at radius 2 is 1.02 bits per heavy atom. The first kappa shape index (κ1) is 62.7. The number of carbonyl (C=O) groups is 7. The van der Waals surface area contributed by atoms with E-state index in [0.717, 1.165) is 64.2 Å². The first-order valence-electron chi connectivity index (χ1n) is 24.1. The van der Waals surface area contributed by atoms with Crippen LogP contribution in [0, 0.1) is 0 Å². The lowest BCUT2D eigenvalue weighted by Gasteiger charge is -2.14. The summed E-state index contributed by atoms with van der Waals surface area (Å²) in [5, 5.41) is 34.8. The molecule has 0 unspecified atom stereocenters. The molecule has 0 spiro atoms. The van der Waals surface area contributed by atoms with E-state index in [1.54, 1.807) is 7.05 Å². The number of ether oxygens (including phenoxy) is 4. The van der Waals surface area contributed by atoms with Gasteiger partial charge in [-0.2, -0.15) is 0 Å². The number of carbonyl (C=O) groups excluding carboxylic acids is 5. The number of unbranched alkanes of at least 4 members (excludes halogenated alkanes) is 15. The molecular weight excluding hydrogens is 831 g/mol. The standard InChI is InChI=1S/C26H47NO6.C21H40N2O8/c1-2-17-22(28)20-21-23(26(32)33)27-24(29)18-15-13-11-9-7-5-3-4-6-8-10-12-14-16-19-25(30)31;1-3-28-11-13-31-17-21(27)23-9-10-29-12-14-30-16-18(25)7-5-4-6-8-19(22-2)20(26)15-24/h23H,2-21H2,1H3,(H,27,29)(H,30,31)(H,32,33);19,22,24H,3-17H2,1-2H3,(H,23,27)/t23-;19-/m00/s1. The zero-order valence-corrected chi connectivity index (χ0v) is 39.7. The number of hydrogen-bond acceptors (Lipinski definition) is 13. The number of carboxylic acids is 2. The van der Waals surface area contributed by atoms with E-state index in [1.807, 2.05) is 13.8 Å². The van der Waals surface area contributed by atoms with Gasteiger partial charge in [-0.1, -0.05) is 96.8 Å². The zero-order chi connectivity index (χ0) is 47.9. The molecule has 374 valence electrons. The van der Waals surface area contributed by atoms with E-state index in [2.05, 4.69) is 16.0 Å². The Morgan fingerprint density at radius 1 is 0.500 bits per heavy atom. The van der Waals surface area contributed by atoms with Crippen LogP contribution in [0.1, 0.15) is 174 Å². The molecule has 64 heavy (non-hydrogen) atoms. The third-order valence-corrected chi connectivity index (χ3v) is 10.3. The molecule has 0 heterocycles. The highest BCUT2D eigenvalue weighted by molar-refractivity contribution is 5.85. The third kappa shape index (κ3) is 45.2. The largest absolute Gasteiger partial charge is 0.481 e. The predicted molar refractivity (Wildman–Crippen MR) is 245 cm³/mol. The van der Waals surface area contributed by atoms with E-state index in [4.69, 9.17) is 29.2 Å². The van der Waals surface area contributed by atoms with Gasteiger partial charge in [-0.25, -0.2) is 4.79 Å². The van der Waals surface area contributed by atoms with E-state index in [1.165, 1.54) is 51.4 Å². The first-order chi connectivity index (χ1) is 30.9. The Morgan fingerprint density at radius 3 is 1.55 bits per heavy atom. The van der Waals surface area contributed by atoms with Crippen molar-refractivity contribution in [3.8, 4) is 0 Å². The van der Waals surface area contributed by atoms with Crippen LogP contribution < -0.4 is 16.0 Å². The molecule has 0 bridgehead atoms. The van der Waals surface area contributed by atoms with Gasteiger partial charge in [0.2, 0.25) is 11.8 Å². The molecule has 0 aliphatic heterocycles. The van der Waals surface area contributed by atoms with Gasteiger partial charge < -0.3 is 50.2 Å². The van der Waals surface area contributed by atoms with Crippen LogP contribution in [0.25, 0.3) is 0 Å². The van der Waals surface area contributed by atoms with Crippen molar-refractivity contribution in [3.05, 3.63) is 0 Å². The normalized spacial score (nSPS) is 11.9. The number of carboxylic acid groups (broad SMARTS) is 2. The number of Topliss-reactive ketones (excluding diaryl/α,β-unsaturated/α-hetero) is 3. The summed E-state index contributed by atoms with van der Waals surface area (Å²) in [7, 11) is 1.69. The summed E-state index contributed by atoms with van der Waals surface area (Å²) < 4.78 is 20.9. The van der Waals surface area contributed by atoms with Gasteiger partial charge in [0.05, 0.1) is 39.1 Å². The molecule has 0 aromatic heterocycles. The fraction of sp³-hybridized carbons (Fsp3) is 0.851. The van der Waals surface area contributed by atoms with Gasteiger partial charge >= 0.3 is 11.9 Å². The molecule has 0 aromatic carbocycles. The lowest BCUT2D eigenvalue weighted by atomic mass is 10.0. The molecule has 0 aliphatic rings. The summed E-state index contributed by atoms with van der Waals surface area (Å²) in [4.78, 5) is 80.0. The molecule has 0 aliphatic carbocycles. The highest BCUT2D eigenvalue weighted by atomic mass is 16.5. The minimum Gasteiger partial charge on any atom is -0.481 e. The topological polar surface area (TPSA) is 253 Å². The van der Waals surface area contributed by atoms with Crippen molar-refractivity contribution in [1.29, 1.82) is 0 Å². The molecule has 2 amide bonds. The van der Waals surface area contributed by atoms with Crippen LogP contribution in [0.3, 0.4) is 0 Å². The maximum atomic E-state index is 12.0. The maximum Gasteiger partial charge on any atom is 0.326 e. The van der Waals surface area contributed by atoms with Gasteiger partial charge in [0.15, 0.2) is 11.6 Å². The fourth-order valence-electron chi connectivity index (χ4n) is 6.56. The summed E-state index contributed by atoms with van der Waals surface area (Å²) in [6, 6.07) is -1.30. The lowest BCUT2D eigenvalue weighted by Crippen LogP contribution is -2.41. The second kappa shape index (κ2) is 47.6. The van der Waals surface area contributed by atoms with Gasteiger partial charge in [0.25, 0.3) is 0 Å². The number of amides is 2. The second-order valence-corrected chi connectivity index (χ2v) is 16.0. The zero-order valence-electron chi connectivity index (χ0n) is 39.7. The highest BCUT2D eigenvalue weighted by Gasteiger charge is 2.20. The van der Waals surface area contributed by atoms with Crippen molar-refractivity contribution >= 4 is 41.1 Å². The highest BCUT2D eigenvalue weighted by Crippen LogP contribution is 2.14. The van der Waals surface area contributed by atoms with Crippen molar-refractivity contribution in [2.45, 2.75) is 186 Å². The van der Waals surface area contributed by atoms with E-state index in [0.29, 0.717) is 78.3 Å². The quantitative estimate of drug-likeness (QED) is 0.0390. The van der Waals surface area contributed by atoms with Crippen LogP contribution >= 0.6 is 0 Å². The number of aliphatic hydroxyl groups is 1. The van der Waals surface area contributed by atoms with Crippen molar-refractivity contribution in [1.82, 2.24) is 16.0 Å². The lowest BCUT2D eigenvalue weighted by molar-refractivity contribution is -0.142. The Labute approximate surface area is 383 Å². The molecule has 0 rings (SSSR count). The van der Waals surface area contributed by atoms with E-state index < -0.39 is 24.6 Å². The number of nitrogens with one attached hydrogen (secondary N) is 3. The Kier molecular flexibility index (Phi) is 46.7. The summed E-state index contributed by atoms with van der Waals surface area (Å²) in [5.41, 5.74) is 0. The molecular formula is C47H87N3O14. The van der Waals surface area contributed by atoms with Gasteiger partial charge in [-0.05, 0) is 52.5 Å². The van der Waals surface area contributed by atoms with Gasteiger partial charge in [0, 0.05) is 45.3 Å². The molecule has 17 heteroatoms. The Hall–Kier alpha value is -3.35. The summed E-state index contributed by atoms with van der Waals surface area (Å²) >= 11 is 0. The molecule has 0 radical (unpaired) electrons. The minimum absolute atomic E-state index is 0.00481. The molecule has 17 nitrogen and oxygen atoms in total. The van der Waals surface area contributed by atoms with Crippen molar-refractivity contribution in [3.63, 3.8) is 0 Å². The monoisotopic (exact) mass is 918 g/mol. The number of aliphatic hydroxyl groups excluding tert-OH is 1. The van der Waals surface area contributed by atoms with Crippen LogP contribution in [0.5, 0.6) is 0 Å². The molecule has 0 saturated heterocycles. The first-order valence-corrected chi connectivity index (χ1v) is 24.1. The smallest absolute Gasteiger partial charge is 0.326 e. The van der Waals surface area contributed by atoms with E-state index in [9.17, 15) is 38.7 Å². The van der Waals surface area contributed by atoms with E-state index >= 15 is 0 Å².